The lowest BCUT2D eigenvalue weighted by atomic mass is 10.0. The van der Waals surface area contributed by atoms with Crippen molar-refractivity contribution in [1.29, 1.82) is 0 Å². The van der Waals surface area contributed by atoms with Crippen molar-refractivity contribution in [3.8, 4) is 0 Å². The Morgan fingerprint density at radius 3 is 2.91 bits per heavy atom. The monoisotopic (exact) mass is 324 g/mol. The molecule has 2 unspecified atom stereocenters. The molecule has 0 spiro atoms. The van der Waals surface area contributed by atoms with Gasteiger partial charge in [-0.1, -0.05) is 0 Å². The minimum Gasteiger partial charge on any atom is -0.481 e. The summed E-state index contributed by atoms with van der Waals surface area (Å²) in [7, 11) is 0. The number of thiophene rings is 1. The van der Waals surface area contributed by atoms with Crippen LogP contribution in [0.2, 0.25) is 0 Å². The van der Waals surface area contributed by atoms with E-state index in [1.807, 2.05) is 0 Å². The molecule has 0 bridgehead atoms. The second-order valence-corrected chi connectivity index (χ2v) is 6.54. The van der Waals surface area contributed by atoms with Crippen molar-refractivity contribution in [2.75, 3.05) is 6.61 Å². The van der Waals surface area contributed by atoms with Crippen LogP contribution in [0.15, 0.2) is 4.79 Å². The standard InChI is InChI=1S/C14H16N2O5S/c1-6-15-12-11(13(19)16(6)4-7(18)5-17)10-8(14(20)21)2-3-9(10)22-12/h7-8,17-18H,2-5H2,1H3,(H,20,21). The Kier molecular flexibility index (Phi) is 3.75. The molecule has 8 heteroatoms. The van der Waals surface area contributed by atoms with Gasteiger partial charge in [0.05, 0.1) is 30.6 Å². The summed E-state index contributed by atoms with van der Waals surface area (Å²) in [5.41, 5.74) is 0.234. The van der Waals surface area contributed by atoms with Crippen LogP contribution in [0.3, 0.4) is 0 Å². The second kappa shape index (κ2) is 5.45. The molecule has 0 amide bonds. The minimum atomic E-state index is -1.06. The molecule has 118 valence electrons. The Balaban J connectivity index is 2.23. The van der Waals surface area contributed by atoms with Crippen molar-refractivity contribution in [3.63, 3.8) is 0 Å². The van der Waals surface area contributed by atoms with Crippen molar-refractivity contribution in [1.82, 2.24) is 9.55 Å². The first-order chi connectivity index (χ1) is 10.4. The molecule has 0 saturated carbocycles. The highest BCUT2D eigenvalue weighted by atomic mass is 32.1. The molecule has 22 heavy (non-hydrogen) atoms. The van der Waals surface area contributed by atoms with Crippen molar-refractivity contribution in [3.05, 3.63) is 26.6 Å². The molecule has 0 saturated heterocycles. The van der Waals surface area contributed by atoms with Gasteiger partial charge in [-0.2, -0.15) is 0 Å². The number of fused-ring (bicyclic) bond motifs is 3. The molecule has 0 radical (unpaired) electrons. The molecule has 2 heterocycles. The van der Waals surface area contributed by atoms with Crippen molar-refractivity contribution in [2.24, 2.45) is 0 Å². The normalized spacial score (nSPS) is 18.6. The summed E-state index contributed by atoms with van der Waals surface area (Å²) in [4.78, 5) is 30.0. The van der Waals surface area contributed by atoms with Crippen LogP contribution in [-0.4, -0.2) is 43.6 Å². The van der Waals surface area contributed by atoms with E-state index < -0.39 is 24.6 Å². The summed E-state index contributed by atoms with van der Waals surface area (Å²) in [5.74, 6) is -1.16. The maximum absolute atomic E-state index is 12.7. The number of carbonyl (C=O) groups is 1. The van der Waals surface area contributed by atoms with Gasteiger partial charge in [0.25, 0.3) is 5.56 Å². The van der Waals surface area contributed by atoms with Gasteiger partial charge in [0.2, 0.25) is 0 Å². The van der Waals surface area contributed by atoms with Crippen LogP contribution in [0, 0.1) is 6.92 Å². The van der Waals surface area contributed by atoms with Crippen molar-refractivity contribution in [2.45, 2.75) is 38.3 Å². The van der Waals surface area contributed by atoms with E-state index in [4.69, 9.17) is 5.11 Å². The highest BCUT2D eigenvalue weighted by Gasteiger charge is 2.34. The molecule has 2 aromatic rings. The maximum atomic E-state index is 12.7. The van der Waals surface area contributed by atoms with Crippen LogP contribution in [0.25, 0.3) is 10.2 Å². The fraction of sp³-hybridized carbons (Fsp3) is 0.500. The summed E-state index contributed by atoms with van der Waals surface area (Å²) in [6.07, 6.45) is 0.0852. The number of aryl methyl sites for hydroxylation is 2. The molecule has 0 aliphatic heterocycles. The largest absolute Gasteiger partial charge is 0.481 e. The number of aliphatic hydroxyl groups is 2. The lowest BCUT2D eigenvalue weighted by Gasteiger charge is -2.13. The van der Waals surface area contributed by atoms with Crippen LogP contribution in [0.1, 0.15) is 28.6 Å². The summed E-state index contributed by atoms with van der Waals surface area (Å²) in [6.45, 7) is 1.14. The lowest BCUT2D eigenvalue weighted by molar-refractivity contribution is -0.138. The van der Waals surface area contributed by atoms with Gasteiger partial charge in [-0.05, 0) is 25.3 Å². The van der Waals surface area contributed by atoms with Crippen LogP contribution < -0.4 is 5.56 Å². The van der Waals surface area contributed by atoms with E-state index >= 15 is 0 Å². The van der Waals surface area contributed by atoms with Gasteiger partial charge in [-0.25, -0.2) is 4.98 Å². The number of aliphatic carboxylic acids is 1. The molecule has 1 aliphatic rings. The molecule has 0 fully saturated rings. The Hall–Kier alpha value is -1.77. The van der Waals surface area contributed by atoms with Gasteiger partial charge < -0.3 is 15.3 Å². The van der Waals surface area contributed by atoms with E-state index in [9.17, 15) is 19.8 Å². The zero-order valence-electron chi connectivity index (χ0n) is 11.9. The zero-order valence-corrected chi connectivity index (χ0v) is 12.8. The molecule has 0 aromatic carbocycles. The molecule has 2 atom stereocenters. The van der Waals surface area contributed by atoms with Gasteiger partial charge in [0.15, 0.2) is 0 Å². The zero-order chi connectivity index (χ0) is 16.0. The minimum absolute atomic E-state index is 0.0630. The van der Waals surface area contributed by atoms with Crippen LogP contribution in [0.4, 0.5) is 0 Å². The molecular weight excluding hydrogens is 308 g/mol. The third kappa shape index (κ3) is 2.23. The Bertz CT molecular complexity index is 810. The van der Waals surface area contributed by atoms with Gasteiger partial charge >= 0.3 is 5.97 Å². The molecule has 3 N–H and O–H groups in total. The lowest BCUT2D eigenvalue weighted by Crippen LogP contribution is -2.31. The van der Waals surface area contributed by atoms with Crippen molar-refractivity contribution < 1.29 is 20.1 Å². The second-order valence-electron chi connectivity index (χ2n) is 5.46. The maximum Gasteiger partial charge on any atom is 0.311 e. The predicted octanol–water partition coefficient (Wildman–Crippen LogP) is 0.234. The third-order valence-electron chi connectivity index (χ3n) is 4.03. The number of carboxylic acid groups (broad SMARTS) is 1. The first kappa shape index (κ1) is 15.1. The van der Waals surface area contributed by atoms with Crippen LogP contribution in [-0.2, 0) is 17.8 Å². The summed E-state index contributed by atoms with van der Waals surface area (Å²) >= 11 is 1.37. The number of hydrogen-bond donors (Lipinski definition) is 3. The number of carboxylic acids is 1. The first-order valence-electron chi connectivity index (χ1n) is 6.98. The van der Waals surface area contributed by atoms with E-state index in [0.717, 1.165) is 4.88 Å². The van der Waals surface area contributed by atoms with Gasteiger partial charge in [-0.3, -0.25) is 14.2 Å². The predicted molar refractivity (Wildman–Crippen MR) is 80.4 cm³/mol. The molecule has 7 nitrogen and oxygen atoms in total. The topological polar surface area (TPSA) is 113 Å². The number of aromatic nitrogens is 2. The Labute approximate surface area is 129 Å². The molecule has 1 aliphatic carbocycles. The van der Waals surface area contributed by atoms with E-state index in [0.29, 0.717) is 34.4 Å². The molecular formula is C14H16N2O5S. The number of rotatable bonds is 4. The van der Waals surface area contributed by atoms with Crippen LogP contribution in [0.5, 0.6) is 0 Å². The Morgan fingerprint density at radius 2 is 2.27 bits per heavy atom. The molecule has 2 aromatic heterocycles. The van der Waals surface area contributed by atoms with Gasteiger partial charge in [0.1, 0.15) is 10.7 Å². The van der Waals surface area contributed by atoms with E-state index in [1.165, 1.54) is 15.9 Å². The smallest absolute Gasteiger partial charge is 0.311 e. The number of nitrogens with zero attached hydrogens (tertiary/aromatic N) is 2. The summed E-state index contributed by atoms with van der Waals surface area (Å²) in [6, 6.07) is 0. The number of aliphatic hydroxyl groups excluding tert-OH is 2. The van der Waals surface area contributed by atoms with E-state index in [2.05, 4.69) is 4.98 Å². The number of hydrogen-bond acceptors (Lipinski definition) is 6. The quantitative estimate of drug-likeness (QED) is 0.742. The highest BCUT2D eigenvalue weighted by Crippen LogP contribution is 2.42. The summed E-state index contributed by atoms with van der Waals surface area (Å²) < 4.78 is 1.30. The first-order valence-corrected chi connectivity index (χ1v) is 7.80. The third-order valence-corrected chi connectivity index (χ3v) is 5.19. The van der Waals surface area contributed by atoms with Crippen molar-refractivity contribution >= 4 is 27.5 Å². The summed E-state index contributed by atoms with van der Waals surface area (Å²) in [5, 5.41) is 28.2. The SMILES string of the molecule is Cc1nc2sc3c(c2c(=O)n1CC(O)CO)C(C(=O)O)CC3. The van der Waals surface area contributed by atoms with Gasteiger partial charge in [-0.15, -0.1) is 11.3 Å². The van der Waals surface area contributed by atoms with Crippen LogP contribution >= 0.6 is 11.3 Å². The average molecular weight is 324 g/mol. The van der Waals surface area contributed by atoms with E-state index in [1.54, 1.807) is 6.92 Å². The van der Waals surface area contributed by atoms with E-state index in [-0.39, 0.29) is 12.1 Å². The fourth-order valence-corrected chi connectivity index (χ4v) is 4.24. The fourth-order valence-electron chi connectivity index (χ4n) is 2.96. The van der Waals surface area contributed by atoms with Gasteiger partial charge in [0, 0.05) is 4.88 Å². The average Bonchev–Trinajstić information content (AvgIpc) is 3.00. The molecule has 3 rings (SSSR count). The Morgan fingerprint density at radius 1 is 1.55 bits per heavy atom. The highest BCUT2D eigenvalue weighted by molar-refractivity contribution is 7.18.